The summed E-state index contributed by atoms with van der Waals surface area (Å²) in [4.78, 5) is 4.02. The van der Waals surface area contributed by atoms with Crippen molar-refractivity contribution < 1.29 is 8.78 Å². The minimum absolute atomic E-state index is 0.236. The van der Waals surface area contributed by atoms with Crippen molar-refractivity contribution in [3.8, 4) is 0 Å². The van der Waals surface area contributed by atoms with Crippen LogP contribution in [-0.2, 0) is 0 Å². The van der Waals surface area contributed by atoms with Crippen LogP contribution in [0.5, 0.6) is 0 Å². The first-order chi connectivity index (χ1) is 7.56. The molecule has 0 aliphatic carbocycles. The van der Waals surface area contributed by atoms with Gasteiger partial charge in [0.2, 0.25) is 0 Å². The fourth-order valence-electron chi connectivity index (χ4n) is 1.56. The first-order valence-electron chi connectivity index (χ1n) is 5.29. The van der Waals surface area contributed by atoms with Crippen molar-refractivity contribution in [1.82, 2.24) is 14.9 Å². The largest absolute Gasteiger partial charge is 0.331 e. The van der Waals surface area contributed by atoms with Crippen molar-refractivity contribution >= 4 is 0 Å². The Bertz CT molecular complexity index is 312. The molecule has 3 N–H and O–H groups in total. The Morgan fingerprint density at radius 3 is 2.69 bits per heavy atom. The first-order valence-corrected chi connectivity index (χ1v) is 5.29. The van der Waals surface area contributed by atoms with Crippen LogP contribution in [0.2, 0.25) is 0 Å². The molecule has 0 saturated carbocycles. The molecule has 1 aromatic rings. The van der Waals surface area contributed by atoms with E-state index in [9.17, 15) is 8.78 Å². The molecule has 6 heteroatoms. The maximum Gasteiger partial charge on any atom is 0.250 e. The summed E-state index contributed by atoms with van der Waals surface area (Å²) in [6.07, 6.45) is 0.979. The molecular weight excluding hydrogens is 214 g/mol. The summed E-state index contributed by atoms with van der Waals surface area (Å²) in [5, 5.41) is 2.73. The molecule has 1 aromatic heterocycles. The maximum absolute atomic E-state index is 12.1. The van der Waals surface area contributed by atoms with Crippen molar-refractivity contribution in [3.05, 3.63) is 18.2 Å². The average molecular weight is 232 g/mol. The topological polar surface area (TPSA) is 55.9 Å². The van der Waals surface area contributed by atoms with E-state index in [-0.39, 0.29) is 25.2 Å². The smallest absolute Gasteiger partial charge is 0.250 e. The van der Waals surface area contributed by atoms with Gasteiger partial charge in [-0.1, -0.05) is 0 Å². The van der Waals surface area contributed by atoms with Crippen LogP contribution in [0.4, 0.5) is 8.78 Å². The third kappa shape index (κ3) is 3.24. The van der Waals surface area contributed by atoms with E-state index in [2.05, 4.69) is 10.3 Å². The van der Waals surface area contributed by atoms with Crippen LogP contribution in [0.15, 0.2) is 12.5 Å². The van der Waals surface area contributed by atoms with E-state index < -0.39 is 6.43 Å². The van der Waals surface area contributed by atoms with Crippen LogP contribution < -0.4 is 11.1 Å². The van der Waals surface area contributed by atoms with Gasteiger partial charge in [0.1, 0.15) is 0 Å². The van der Waals surface area contributed by atoms with Crippen molar-refractivity contribution in [2.45, 2.75) is 32.4 Å². The second-order valence-corrected chi connectivity index (χ2v) is 3.91. The second kappa shape index (κ2) is 5.91. The van der Waals surface area contributed by atoms with E-state index in [1.165, 1.54) is 0 Å². The summed E-state index contributed by atoms with van der Waals surface area (Å²) in [6, 6.07) is -0.0428. The predicted molar refractivity (Wildman–Crippen MR) is 58.4 cm³/mol. The quantitative estimate of drug-likeness (QED) is 0.777. The normalized spacial score (nSPS) is 13.7. The molecule has 0 aliphatic heterocycles. The SMILES string of the molecule is CC(C)n1cncc1C(CN)NCC(F)F. The number of hydrogen-bond acceptors (Lipinski definition) is 3. The van der Waals surface area contributed by atoms with Gasteiger partial charge >= 0.3 is 0 Å². The molecule has 1 rings (SSSR count). The van der Waals surface area contributed by atoms with Crippen molar-refractivity contribution in [2.75, 3.05) is 13.1 Å². The highest BCUT2D eigenvalue weighted by Crippen LogP contribution is 2.16. The summed E-state index contributed by atoms with van der Waals surface area (Å²) in [6.45, 7) is 3.92. The number of alkyl halides is 2. The van der Waals surface area contributed by atoms with E-state index in [0.29, 0.717) is 0 Å². The highest BCUT2D eigenvalue weighted by atomic mass is 19.3. The molecule has 1 unspecified atom stereocenters. The van der Waals surface area contributed by atoms with Gasteiger partial charge in [-0.3, -0.25) is 0 Å². The molecule has 4 nitrogen and oxygen atoms in total. The minimum atomic E-state index is -2.37. The molecule has 1 atom stereocenters. The number of hydrogen-bond donors (Lipinski definition) is 2. The number of rotatable bonds is 6. The van der Waals surface area contributed by atoms with Crippen LogP contribution in [0.3, 0.4) is 0 Å². The molecule has 0 spiro atoms. The zero-order chi connectivity index (χ0) is 12.1. The number of aromatic nitrogens is 2. The Morgan fingerprint density at radius 1 is 1.50 bits per heavy atom. The number of nitrogens with two attached hydrogens (primary N) is 1. The molecule has 0 saturated heterocycles. The zero-order valence-electron chi connectivity index (χ0n) is 9.53. The summed E-state index contributed by atoms with van der Waals surface area (Å²) >= 11 is 0. The van der Waals surface area contributed by atoms with Crippen LogP contribution in [0.1, 0.15) is 31.6 Å². The zero-order valence-corrected chi connectivity index (χ0v) is 9.53. The Kier molecular flexibility index (Phi) is 4.82. The van der Waals surface area contributed by atoms with Gasteiger partial charge in [-0.2, -0.15) is 0 Å². The Labute approximate surface area is 93.8 Å². The van der Waals surface area contributed by atoms with Gasteiger partial charge in [0, 0.05) is 18.8 Å². The standard InChI is InChI=1S/C10H18F2N4/c1-7(2)16-6-14-4-9(16)8(3-13)15-5-10(11)12/h4,6-8,10,15H,3,5,13H2,1-2H3. The molecule has 0 aromatic carbocycles. The van der Waals surface area contributed by atoms with Gasteiger partial charge in [-0.15, -0.1) is 0 Å². The van der Waals surface area contributed by atoms with Gasteiger partial charge in [0.15, 0.2) is 0 Å². The highest BCUT2D eigenvalue weighted by molar-refractivity contribution is 5.07. The lowest BCUT2D eigenvalue weighted by Gasteiger charge is -2.20. The number of nitrogens with zero attached hydrogens (tertiary/aromatic N) is 2. The Hall–Kier alpha value is -1.01. The van der Waals surface area contributed by atoms with Crippen molar-refractivity contribution in [1.29, 1.82) is 0 Å². The molecule has 0 aliphatic rings. The fraction of sp³-hybridized carbons (Fsp3) is 0.700. The van der Waals surface area contributed by atoms with Crippen LogP contribution in [0, 0.1) is 0 Å². The first kappa shape index (κ1) is 13.1. The Balaban J connectivity index is 2.74. The number of nitrogens with one attached hydrogen (secondary N) is 1. The average Bonchev–Trinajstić information content (AvgIpc) is 2.67. The van der Waals surface area contributed by atoms with Crippen molar-refractivity contribution in [2.24, 2.45) is 5.73 Å². The third-order valence-electron chi connectivity index (χ3n) is 2.36. The number of halogens is 2. The molecule has 1 heterocycles. The van der Waals surface area contributed by atoms with Crippen LogP contribution in [-0.4, -0.2) is 29.1 Å². The molecule has 16 heavy (non-hydrogen) atoms. The van der Waals surface area contributed by atoms with E-state index in [0.717, 1.165) is 5.69 Å². The predicted octanol–water partition coefficient (Wildman–Crippen LogP) is 1.32. The van der Waals surface area contributed by atoms with Gasteiger partial charge in [0.05, 0.1) is 24.6 Å². The fourth-order valence-corrected chi connectivity index (χ4v) is 1.56. The molecule has 0 amide bonds. The number of imidazole rings is 1. The van der Waals surface area contributed by atoms with Gasteiger partial charge in [0.25, 0.3) is 6.43 Å². The molecule has 0 bridgehead atoms. The van der Waals surface area contributed by atoms with E-state index in [4.69, 9.17) is 5.73 Å². The van der Waals surface area contributed by atoms with Crippen LogP contribution >= 0.6 is 0 Å². The lowest BCUT2D eigenvalue weighted by Crippen LogP contribution is -2.33. The van der Waals surface area contributed by atoms with Gasteiger partial charge in [-0.05, 0) is 13.8 Å². The maximum atomic E-state index is 12.1. The third-order valence-corrected chi connectivity index (χ3v) is 2.36. The summed E-state index contributed by atoms with van der Waals surface area (Å²) in [5.41, 5.74) is 6.42. The summed E-state index contributed by atoms with van der Waals surface area (Å²) in [5.74, 6) is 0. The lowest BCUT2D eigenvalue weighted by atomic mass is 10.2. The van der Waals surface area contributed by atoms with E-state index in [1.807, 2.05) is 18.4 Å². The monoisotopic (exact) mass is 232 g/mol. The van der Waals surface area contributed by atoms with Crippen LogP contribution in [0.25, 0.3) is 0 Å². The van der Waals surface area contributed by atoms with Crippen molar-refractivity contribution in [3.63, 3.8) is 0 Å². The summed E-state index contributed by atoms with van der Waals surface area (Å²) in [7, 11) is 0. The minimum Gasteiger partial charge on any atom is -0.331 e. The van der Waals surface area contributed by atoms with E-state index in [1.54, 1.807) is 12.5 Å². The molecular formula is C10H18F2N4. The highest BCUT2D eigenvalue weighted by Gasteiger charge is 2.16. The van der Waals surface area contributed by atoms with E-state index >= 15 is 0 Å². The Morgan fingerprint density at radius 2 is 2.19 bits per heavy atom. The molecule has 0 fully saturated rings. The second-order valence-electron chi connectivity index (χ2n) is 3.91. The summed E-state index contributed by atoms with van der Waals surface area (Å²) < 4.78 is 26.1. The molecule has 92 valence electrons. The lowest BCUT2D eigenvalue weighted by molar-refractivity contribution is 0.141. The van der Waals surface area contributed by atoms with Gasteiger partial charge in [-0.25, -0.2) is 13.8 Å². The van der Waals surface area contributed by atoms with Gasteiger partial charge < -0.3 is 15.6 Å². The molecule has 0 radical (unpaired) electrons.